The lowest BCUT2D eigenvalue weighted by Crippen LogP contribution is -1.95. The summed E-state index contributed by atoms with van der Waals surface area (Å²) in [4.78, 5) is 0. The van der Waals surface area contributed by atoms with Gasteiger partial charge in [-0.25, -0.2) is 0 Å². The average molecular weight is 863 g/mol. The minimum Gasteiger partial charge on any atom is -0.397 e. The Morgan fingerprint density at radius 1 is 0.423 bits per heavy atom. The van der Waals surface area contributed by atoms with Crippen LogP contribution < -0.4 is 11.5 Å². The predicted molar refractivity (Wildman–Crippen MR) is 137 cm³/mol. The molecule has 0 radical (unpaired) electrons. The van der Waals surface area contributed by atoms with Crippen LogP contribution in [0, 0.1) is 23.7 Å². The van der Waals surface area contributed by atoms with E-state index in [1.54, 1.807) is 0 Å². The molecule has 0 fully saturated rings. The Balaban J connectivity index is 2.54. The van der Waals surface area contributed by atoms with Crippen molar-refractivity contribution in [2.24, 2.45) is 0 Å². The van der Waals surface area contributed by atoms with E-state index in [4.69, 9.17) is 11.5 Å². The van der Waals surface area contributed by atoms with Gasteiger partial charge in [0.15, 0.2) is 0 Å². The summed E-state index contributed by atoms with van der Waals surface area (Å²) in [7, 11) is 0. The summed E-state index contributed by atoms with van der Waals surface area (Å²) in [5.41, 5.74) is 14.6. The van der Waals surface area contributed by atoms with E-state index in [0.717, 1.165) is 26.8 Å². The van der Waals surface area contributed by atoms with E-state index < -0.39 is 0 Å². The van der Waals surface area contributed by atoms with Gasteiger partial charge >= 0.3 is 0 Å². The second-order valence-corrected chi connectivity index (χ2v) is 10.9. The smallest absolute Gasteiger partial charge is 0.0628 e. The maximum atomic E-state index is 6.05. The first-order valence-corrected chi connectivity index (χ1v) is 12.7. The molecule has 10 heteroatoms. The van der Waals surface area contributed by atoms with E-state index in [9.17, 15) is 0 Å². The number of benzene rings is 2. The van der Waals surface area contributed by atoms with Crippen molar-refractivity contribution in [2.75, 3.05) is 11.5 Å². The van der Waals surface area contributed by atoms with Gasteiger partial charge in [0.2, 0.25) is 0 Å². The summed E-state index contributed by atoms with van der Waals surface area (Å²) in [6.07, 6.45) is 0. The lowest BCUT2D eigenvalue weighted by molar-refractivity contribution is 1.46. The van der Waals surface area contributed by atoms with Crippen molar-refractivity contribution in [1.82, 2.24) is 0 Å². The van der Waals surface area contributed by atoms with E-state index in [2.05, 4.69) is 151 Å². The summed E-state index contributed by atoms with van der Waals surface area (Å²) < 4.78 is 5.98. The van der Waals surface area contributed by atoms with Crippen LogP contribution in [0.15, 0.2) is 35.8 Å². The van der Waals surface area contributed by atoms with Crippen molar-refractivity contribution in [1.29, 1.82) is 0 Å². The van der Waals surface area contributed by atoms with Gasteiger partial charge in [0.25, 0.3) is 0 Å². The monoisotopic (exact) mass is 855 g/mol. The van der Waals surface area contributed by atoms with E-state index in [1.165, 1.54) is 0 Å². The van der Waals surface area contributed by atoms with Crippen molar-refractivity contribution in [2.45, 2.75) is 0 Å². The van der Waals surface area contributed by atoms with Crippen molar-refractivity contribution in [3.05, 3.63) is 46.9 Å². The Labute approximate surface area is 218 Å². The molecule has 2 rings (SSSR count). The van der Waals surface area contributed by atoms with Gasteiger partial charge < -0.3 is 11.5 Å². The number of rotatable bonds is 0. The molecule has 26 heavy (non-hydrogen) atoms. The fourth-order valence-corrected chi connectivity index (χ4v) is 6.91. The fourth-order valence-electron chi connectivity index (χ4n) is 1.71. The minimum atomic E-state index is 0.549. The van der Waals surface area contributed by atoms with Crippen LogP contribution in [0.3, 0.4) is 0 Å². The van der Waals surface area contributed by atoms with Crippen LogP contribution >= 0.6 is 127 Å². The third kappa shape index (κ3) is 4.59. The van der Waals surface area contributed by atoms with E-state index in [-0.39, 0.29) is 0 Å². The molecule has 134 valence electrons. The zero-order chi connectivity index (χ0) is 19.8. The zero-order valence-corrected chi connectivity index (χ0v) is 24.9. The van der Waals surface area contributed by atoms with Crippen LogP contribution in [0.1, 0.15) is 11.1 Å². The average Bonchev–Trinajstić information content (AvgIpc) is 2.63. The first kappa shape index (κ1) is 23.3. The van der Waals surface area contributed by atoms with Crippen molar-refractivity contribution in [3.8, 4) is 23.7 Å². The van der Waals surface area contributed by atoms with Gasteiger partial charge in [0, 0.05) is 17.9 Å². The van der Waals surface area contributed by atoms with Crippen molar-refractivity contribution >= 4 is 139 Å². The summed E-state index contributed by atoms with van der Waals surface area (Å²) in [5, 5.41) is 0. The van der Waals surface area contributed by atoms with Gasteiger partial charge in [-0.1, -0.05) is 11.8 Å². The van der Waals surface area contributed by atoms with Crippen LogP contribution in [0.5, 0.6) is 0 Å². The van der Waals surface area contributed by atoms with Gasteiger partial charge in [-0.05, 0) is 139 Å². The van der Waals surface area contributed by atoms with E-state index in [1.807, 2.05) is 0 Å². The molecule has 0 unspecified atom stereocenters. The number of anilines is 2. The topological polar surface area (TPSA) is 52.0 Å². The van der Waals surface area contributed by atoms with Crippen LogP contribution in [0.4, 0.5) is 11.4 Å². The predicted octanol–water partition coefficient (Wildman–Crippen LogP) is 8.35. The zero-order valence-electron chi connectivity index (χ0n) is 12.2. The number of nitrogen functional groups attached to an aromatic ring is 2. The molecule has 0 heterocycles. The largest absolute Gasteiger partial charge is 0.397 e. The lowest BCUT2D eigenvalue weighted by Gasteiger charge is -2.10. The van der Waals surface area contributed by atoms with E-state index in [0.29, 0.717) is 31.4 Å². The standard InChI is InChI=1S/C16H4Br8N2/c17-7-5(9(19)15(25)13(23)11(7)21)3-1-2-4-6-8(18)12(22)14(24)16(26)10(6)20/h25-26H2. The fraction of sp³-hybridized carbons (Fsp3) is 0. The van der Waals surface area contributed by atoms with Gasteiger partial charge in [0.1, 0.15) is 0 Å². The van der Waals surface area contributed by atoms with Gasteiger partial charge in [-0.15, -0.1) is 0 Å². The highest BCUT2D eigenvalue weighted by Gasteiger charge is 2.17. The van der Waals surface area contributed by atoms with Crippen LogP contribution in [-0.4, -0.2) is 0 Å². The minimum absolute atomic E-state index is 0.549. The third-order valence-corrected chi connectivity index (χ3v) is 11.6. The van der Waals surface area contributed by atoms with Crippen molar-refractivity contribution in [3.63, 3.8) is 0 Å². The molecule has 0 atom stereocenters. The highest BCUT2D eigenvalue weighted by molar-refractivity contribution is 9.15. The van der Waals surface area contributed by atoms with Gasteiger partial charge in [-0.3, -0.25) is 0 Å². The molecule has 0 bridgehead atoms. The second kappa shape index (κ2) is 9.67. The first-order valence-electron chi connectivity index (χ1n) is 6.34. The SMILES string of the molecule is Nc1c(Br)c(Br)c(Br)c(C#CC#Cc2c(Br)c(N)c(Br)c(Br)c2Br)c1Br. The molecule has 2 aromatic carbocycles. The molecule has 0 aliphatic rings. The molecular weight excluding hydrogens is 859 g/mol. The molecular formula is C16H4Br8N2. The summed E-state index contributed by atoms with van der Waals surface area (Å²) in [6, 6.07) is 0. The number of halogens is 8. The molecule has 0 aliphatic heterocycles. The normalized spacial score (nSPS) is 10.0. The Bertz CT molecular complexity index is 911. The van der Waals surface area contributed by atoms with Gasteiger partial charge in [-0.2, -0.15) is 0 Å². The van der Waals surface area contributed by atoms with Crippen LogP contribution in [0.25, 0.3) is 0 Å². The number of hydrogen-bond acceptors (Lipinski definition) is 2. The van der Waals surface area contributed by atoms with Crippen LogP contribution in [-0.2, 0) is 0 Å². The third-order valence-electron chi connectivity index (χ3n) is 3.03. The Morgan fingerprint density at radius 2 is 0.731 bits per heavy atom. The molecule has 0 amide bonds. The maximum Gasteiger partial charge on any atom is 0.0628 e. The number of hydrogen-bond donors (Lipinski definition) is 2. The highest BCUT2D eigenvalue weighted by atomic mass is 79.9. The Hall–Kier alpha value is 1.000. The summed E-state index contributed by atoms with van der Waals surface area (Å²) >= 11 is 27.7. The first-order chi connectivity index (χ1) is 12.1. The Kier molecular flexibility index (Phi) is 8.66. The van der Waals surface area contributed by atoms with Crippen molar-refractivity contribution < 1.29 is 0 Å². The molecule has 0 aliphatic carbocycles. The maximum absolute atomic E-state index is 6.05. The highest BCUT2D eigenvalue weighted by Crippen LogP contribution is 2.44. The van der Waals surface area contributed by atoms with E-state index >= 15 is 0 Å². The molecule has 0 aromatic heterocycles. The molecule has 4 N–H and O–H groups in total. The van der Waals surface area contributed by atoms with Crippen LogP contribution in [0.2, 0.25) is 0 Å². The lowest BCUT2D eigenvalue weighted by atomic mass is 10.2. The Morgan fingerprint density at radius 3 is 1.04 bits per heavy atom. The quantitative estimate of drug-likeness (QED) is 0.121. The second-order valence-electron chi connectivity index (χ2n) is 4.59. The molecule has 0 saturated heterocycles. The molecule has 2 nitrogen and oxygen atoms in total. The summed E-state index contributed by atoms with van der Waals surface area (Å²) in [6.45, 7) is 0. The van der Waals surface area contributed by atoms with Gasteiger partial charge in [0.05, 0.1) is 40.4 Å². The molecule has 2 aromatic rings. The number of nitrogens with two attached hydrogens (primary N) is 2. The summed E-state index contributed by atoms with van der Waals surface area (Å²) in [5.74, 6) is 11.7. The molecule has 0 saturated carbocycles. The molecule has 0 spiro atoms.